The lowest BCUT2D eigenvalue weighted by atomic mass is 9.89. The van der Waals surface area contributed by atoms with Crippen molar-refractivity contribution in [3.8, 4) is 0 Å². The maximum atomic E-state index is 2.42. The molecule has 0 aromatic heterocycles. The van der Waals surface area contributed by atoms with Crippen molar-refractivity contribution in [1.82, 2.24) is 0 Å². The van der Waals surface area contributed by atoms with E-state index in [1.807, 2.05) is 0 Å². The smallest absolute Gasteiger partial charge is 0.0283 e. The first-order chi connectivity index (χ1) is 5.93. The van der Waals surface area contributed by atoms with Crippen LogP contribution in [0, 0.1) is 5.92 Å². The molecule has 0 aliphatic heterocycles. The van der Waals surface area contributed by atoms with Crippen LogP contribution in [0.15, 0.2) is 35.9 Å². The first-order valence-corrected chi connectivity index (χ1v) is 4.58. The standard InChI is InChI=1S/C12H9/c1-2-4-9-8(3-1)5-6-10-11-7-12(9,10)11/h1-4,6H,5,7H2/t12-/m0/s1. The van der Waals surface area contributed by atoms with Gasteiger partial charge in [0, 0.05) is 11.3 Å². The van der Waals surface area contributed by atoms with Gasteiger partial charge in [0.25, 0.3) is 0 Å². The van der Waals surface area contributed by atoms with Crippen LogP contribution in [-0.2, 0) is 11.8 Å². The first-order valence-electron chi connectivity index (χ1n) is 4.58. The molecule has 2 fully saturated rings. The predicted octanol–water partition coefficient (Wildman–Crippen LogP) is 2.40. The second-order valence-corrected chi connectivity index (χ2v) is 4.04. The molecule has 1 spiro atoms. The van der Waals surface area contributed by atoms with Crippen LogP contribution in [0.5, 0.6) is 0 Å². The fourth-order valence-corrected chi connectivity index (χ4v) is 2.73. The van der Waals surface area contributed by atoms with Crippen LogP contribution < -0.4 is 0 Å². The summed E-state index contributed by atoms with van der Waals surface area (Å²) in [6.07, 6.45) is 4.94. The molecule has 4 rings (SSSR count). The molecule has 0 unspecified atom stereocenters. The predicted molar refractivity (Wildman–Crippen MR) is 47.8 cm³/mol. The molecular weight excluding hydrogens is 144 g/mol. The Hall–Kier alpha value is -1.04. The van der Waals surface area contributed by atoms with E-state index in [-0.39, 0.29) is 0 Å². The molecule has 57 valence electrons. The average molecular weight is 153 g/mol. The van der Waals surface area contributed by atoms with Gasteiger partial charge < -0.3 is 0 Å². The number of fused-ring (bicyclic) bond motifs is 2. The van der Waals surface area contributed by atoms with Gasteiger partial charge in [0.2, 0.25) is 0 Å². The highest BCUT2D eigenvalue weighted by Crippen LogP contribution is 2.83. The van der Waals surface area contributed by atoms with Crippen molar-refractivity contribution in [3.05, 3.63) is 53.0 Å². The Labute approximate surface area is 71.9 Å². The van der Waals surface area contributed by atoms with Crippen LogP contribution in [-0.4, -0.2) is 0 Å². The SMILES string of the molecule is C1=C2[C]3C[C@@]32c2ccccc2C1. The Morgan fingerprint density at radius 2 is 2.08 bits per heavy atom. The summed E-state index contributed by atoms with van der Waals surface area (Å²) in [5, 5.41) is 0. The molecule has 0 saturated heterocycles. The fourth-order valence-electron chi connectivity index (χ4n) is 2.73. The summed E-state index contributed by atoms with van der Waals surface area (Å²) in [7, 11) is 0. The van der Waals surface area contributed by atoms with E-state index in [1.54, 1.807) is 22.6 Å². The van der Waals surface area contributed by atoms with Crippen LogP contribution in [0.1, 0.15) is 17.5 Å². The topological polar surface area (TPSA) is 0 Å². The third-order valence-electron chi connectivity index (χ3n) is 3.56. The van der Waals surface area contributed by atoms with Crippen LogP contribution in [0.25, 0.3) is 0 Å². The average Bonchev–Trinajstić information content (AvgIpc) is 2.92. The number of allylic oxidation sites excluding steroid dienone is 2. The summed E-state index contributed by atoms with van der Waals surface area (Å²) < 4.78 is 0. The summed E-state index contributed by atoms with van der Waals surface area (Å²) in [5.41, 5.74) is 5.35. The zero-order chi connectivity index (χ0) is 7.76. The Morgan fingerprint density at radius 3 is 3.00 bits per heavy atom. The van der Waals surface area contributed by atoms with Gasteiger partial charge in [-0.15, -0.1) is 0 Å². The first kappa shape index (κ1) is 5.58. The van der Waals surface area contributed by atoms with E-state index >= 15 is 0 Å². The van der Waals surface area contributed by atoms with Crippen molar-refractivity contribution >= 4 is 0 Å². The third-order valence-corrected chi connectivity index (χ3v) is 3.56. The van der Waals surface area contributed by atoms with E-state index in [0.29, 0.717) is 5.41 Å². The van der Waals surface area contributed by atoms with E-state index in [9.17, 15) is 0 Å². The highest BCUT2D eigenvalue weighted by Gasteiger charge is 2.77. The minimum atomic E-state index is 0.523. The summed E-state index contributed by atoms with van der Waals surface area (Å²) in [6, 6.07) is 8.90. The van der Waals surface area contributed by atoms with Gasteiger partial charge in [0.05, 0.1) is 0 Å². The molecule has 1 aromatic rings. The van der Waals surface area contributed by atoms with Gasteiger partial charge in [0.1, 0.15) is 0 Å². The van der Waals surface area contributed by atoms with Crippen LogP contribution in [0.2, 0.25) is 0 Å². The number of rotatable bonds is 0. The second-order valence-electron chi connectivity index (χ2n) is 4.04. The maximum Gasteiger partial charge on any atom is 0.0283 e. The van der Waals surface area contributed by atoms with E-state index in [4.69, 9.17) is 0 Å². The van der Waals surface area contributed by atoms with Crippen molar-refractivity contribution in [1.29, 1.82) is 0 Å². The molecule has 12 heavy (non-hydrogen) atoms. The summed E-state index contributed by atoms with van der Waals surface area (Å²) >= 11 is 0. The minimum Gasteiger partial charge on any atom is -0.0793 e. The Balaban J connectivity index is 2.05. The summed E-state index contributed by atoms with van der Waals surface area (Å²) in [5.74, 6) is 1.73. The molecule has 2 saturated carbocycles. The zero-order valence-electron chi connectivity index (χ0n) is 6.80. The Kier molecular flexibility index (Phi) is 0.648. The summed E-state index contributed by atoms with van der Waals surface area (Å²) in [4.78, 5) is 0. The van der Waals surface area contributed by atoms with Crippen LogP contribution in [0.3, 0.4) is 0 Å². The molecular formula is C12H9. The minimum absolute atomic E-state index is 0.523. The second kappa shape index (κ2) is 1.39. The quantitative estimate of drug-likeness (QED) is 0.537. The van der Waals surface area contributed by atoms with Gasteiger partial charge in [0.15, 0.2) is 0 Å². The van der Waals surface area contributed by atoms with Gasteiger partial charge in [-0.2, -0.15) is 0 Å². The van der Waals surface area contributed by atoms with E-state index in [0.717, 1.165) is 6.42 Å². The lowest BCUT2D eigenvalue weighted by molar-refractivity contribution is 0.903. The lowest BCUT2D eigenvalue weighted by Crippen LogP contribution is -2.05. The van der Waals surface area contributed by atoms with E-state index < -0.39 is 0 Å². The molecule has 0 nitrogen and oxygen atoms in total. The Bertz CT molecular complexity index is 414. The molecule has 0 amide bonds. The van der Waals surface area contributed by atoms with Crippen molar-refractivity contribution < 1.29 is 0 Å². The van der Waals surface area contributed by atoms with Crippen molar-refractivity contribution in [3.63, 3.8) is 0 Å². The van der Waals surface area contributed by atoms with E-state index in [1.165, 1.54) is 6.42 Å². The van der Waals surface area contributed by atoms with Crippen LogP contribution in [0.4, 0.5) is 0 Å². The number of benzene rings is 1. The molecule has 3 aliphatic rings. The number of hydrogen-bond acceptors (Lipinski definition) is 0. The van der Waals surface area contributed by atoms with Crippen LogP contribution >= 0.6 is 0 Å². The summed E-state index contributed by atoms with van der Waals surface area (Å²) in [6.45, 7) is 0. The molecule has 0 heteroatoms. The normalized spacial score (nSPS) is 34.5. The van der Waals surface area contributed by atoms with Gasteiger partial charge in [-0.1, -0.05) is 35.9 Å². The van der Waals surface area contributed by atoms with Gasteiger partial charge >= 0.3 is 0 Å². The molecule has 0 N–H and O–H groups in total. The highest BCUT2D eigenvalue weighted by molar-refractivity contribution is 5.83. The van der Waals surface area contributed by atoms with E-state index in [2.05, 4.69) is 30.3 Å². The number of hydrogen-bond donors (Lipinski definition) is 0. The van der Waals surface area contributed by atoms with Crippen molar-refractivity contribution in [2.24, 2.45) is 0 Å². The largest absolute Gasteiger partial charge is 0.0793 e. The van der Waals surface area contributed by atoms with Gasteiger partial charge in [-0.25, -0.2) is 0 Å². The Morgan fingerprint density at radius 1 is 1.17 bits per heavy atom. The lowest BCUT2D eigenvalue weighted by Gasteiger charge is -2.15. The zero-order valence-corrected chi connectivity index (χ0v) is 6.80. The molecule has 1 atom stereocenters. The van der Waals surface area contributed by atoms with Gasteiger partial charge in [-0.3, -0.25) is 0 Å². The maximum absolute atomic E-state index is 2.42. The molecule has 3 aliphatic carbocycles. The fraction of sp³-hybridized carbons (Fsp3) is 0.250. The van der Waals surface area contributed by atoms with Gasteiger partial charge in [-0.05, 0) is 24.0 Å². The van der Waals surface area contributed by atoms with Crippen molar-refractivity contribution in [2.75, 3.05) is 0 Å². The monoisotopic (exact) mass is 153 g/mol. The van der Waals surface area contributed by atoms with Crippen molar-refractivity contribution in [2.45, 2.75) is 18.3 Å². The molecule has 0 heterocycles. The molecule has 0 bridgehead atoms. The third kappa shape index (κ3) is 0.394. The molecule has 1 aromatic carbocycles. The molecule has 1 radical (unpaired) electrons. The highest BCUT2D eigenvalue weighted by atomic mass is 14.8.